The van der Waals surface area contributed by atoms with E-state index in [1.54, 1.807) is 16.4 Å². The van der Waals surface area contributed by atoms with E-state index < -0.39 is 10.0 Å². The zero-order valence-electron chi connectivity index (χ0n) is 16.2. The molecule has 3 rings (SSSR count). The SMILES string of the molecule is CC[C@@H](C)c1ccc(S(=O)(=O)N2CCN(Cn3ccn(C)c3=S)CC2)cc1. The number of benzene rings is 1. The van der Waals surface area contributed by atoms with Gasteiger partial charge >= 0.3 is 0 Å². The molecule has 1 fully saturated rings. The molecule has 27 heavy (non-hydrogen) atoms. The van der Waals surface area contributed by atoms with E-state index in [0.29, 0.717) is 43.7 Å². The van der Waals surface area contributed by atoms with Gasteiger partial charge in [0, 0.05) is 45.6 Å². The largest absolute Gasteiger partial charge is 0.327 e. The van der Waals surface area contributed by atoms with Gasteiger partial charge in [0.25, 0.3) is 0 Å². The molecule has 0 aliphatic carbocycles. The minimum atomic E-state index is -3.44. The summed E-state index contributed by atoms with van der Waals surface area (Å²) in [5.74, 6) is 0.440. The summed E-state index contributed by atoms with van der Waals surface area (Å²) in [5.41, 5.74) is 1.18. The van der Waals surface area contributed by atoms with Gasteiger partial charge in [-0.2, -0.15) is 4.31 Å². The van der Waals surface area contributed by atoms with Crippen LogP contribution >= 0.6 is 12.2 Å². The summed E-state index contributed by atoms with van der Waals surface area (Å²) in [5, 5.41) is 0. The van der Waals surface area contributed by atoms with Crippen LogP contribution in [0.4, 0.5) is 0 Å². The Labute approximate surface area is 167 Å². The quantitative estimate of drug-likeness (QED) is 0.690. The van der Waals surface area contributed by atoms with Crippen molar-refractivity contribution in [3.63, 3.8) is 0 Å². The molecule has 8 heteroatoms. The van der Waals surface area contributed by atoms with Crippen molar-refractivity contribution in [3.8, 4) is 0 Å². The van der Waals surface area contributed by atoms with Crippen molar-refractivity contribution >= 4 is 22.2 Å². The van der Waals surface area contributed by atoms with Crippen molar-refractivity contribution in [2.45, 2.75) is 37.8 Å². The van der Waals surface area contributed by atoms with Gasteiger partial charge in [0.2, 0.25) is 10.0 Å². The van der Waals surface area contributed by atoms with Crippen LogP contribution in [-0.2, 0) is 23.7 Å². The second-order valence-electron chi connectivity index (χ2n) is 7.20. The van der Waals surface area contributed by atoms with Crippen molar-refractivity contribution in [3.05, 3.63) is 47.0 Å². The maximum absolute atomic E-state index is 12.9. The number of piperazine rings is 1. The zero-order chi connectivity index (χ0) is 19.6. The van der Waals surface area contributed by atoms with E-state index in [0.717, 1.165) is 11.2 Å². The van der Waals surface area contributed by atoms with Gasteiger partial charge < -0.3 is 9.13 Å². The normalized spacial score (nSPS) is 17.9. The molecule has 148 valence electrons. The molecule has 1 saturated heterocycles. The first-order chi connectivity index (χ1) is 12.8. The monoisotopic (exact) mass is 408 g/mol. The lowest BCUT2D eigenvalue weighted by Gasteiger charge is -2.34. The molecule has 0 spiro atoms. The maximum Gasteiger partial charge on any atom is 0.243 e. The summed E-state index contributed by atoms with van der Waals surface area (Å²) in [4.78, 5) is 2.61. The average Bonchev–Trinajstić information content (AvgIpc) is 3.00. The highest BCUT2D eigenvalue weighted by Crippen LogP contribution is 2.23. The van der Waals surface area contributed by atoms with Gasteiger partial charge in [-0.3, -0.25) is 4.90 Å². The molecule has 1 aliphatic rings. The molecule has 1 aliphatic heterocycles. The Morgan fingerprint density at radius 3 is 2.22 bits per heavy atom. The van der Waals surface area contributed by atoms with Gasteiger partial charge in [0.05, 0.1) is 11.6 Å². The van der Waals surface area contributed by atoms with E-state index >= 15 is 0 Å². The third-order valence-corrected chi connectivity index (χ3v) is 7.84. The molecular formula is C19H28N4O2S2. The van der Waals surface area contributed by atoms with Crippen LogP contribution in [0.2, 0.25) is 0 Å². The highest BCUT2D eigenvalue weighted by atomic mass is 32.2. The molecule has 1 aromatic heterocycles. The fourth-order valence-corrected chi connectivity index (χ4v) is 4.90. The summed E-state index contributed by atoms with van der Waals surface area (Å²) in [6, 6.07) is 7.36. The van der Waals surface area contributed by atoms with E-state index in [1.807, 2.05) is 40.7 Å². The fourth-order valence-electron chi connectivity index (χ4n) is 3.30. The second-order valence-corrected chi connectivity index (χ2v) is 9.51. The molecule has 0 saturated carbocycles. The minimum Gasteiger partial charge on any atom is -0.327 e. The summed E-state index contributed by atoms with van der Waals surface area (Å²) < 4.78 is 32.2. The Morgan fingerprint density at radius 2 is 1.70 bits per heavy atom. The third-order valence-electron chi connectivity index (χ3n) is 5.40. The van der Waals surface area contributed by atoms with Crippen molar-refractivity contribution in [1.82, 2.24) is 18.3 Å². The van der Waals surface area contributed by atoms with Gasteiger partial charge in [0.1, 0.15) is 0 Å². The number of rotatable bonds is 6. The standard InChI is InChI=1S/C19H28N4O2S2/c1-4-16(2)17-5-7-18(8-6-17)27(24,25)23-13-10-21(11-14-23)15-22-12-9-20(3)19(22)26/h5-9,12,16H,4,10-11,13-15H2,1-3H3/t16-/m1/s1. The number of sulfonamides is 1. The summed E-state index contributed by atoms with van der Waals surface area (Å²) in [6.07, 6.45) is 4.94. The van der Waals surface area contributed by atoms with Gasteiger partial charge in [0.15, 0.2) is 4.77 Å². The van der Waals surface area contributed by atoms with Crippen molar-refractivity contribution in [2.75, 3.05) is 26.2 Å². The fraction of sp³-hybridized carbons (Fsp3) is 0.526. The average molecular weight is 409 g/mol. The van der Waals surface area contributed by atoms with Crippen LogP contribution in [-0.4, -0.2) is 52.9 Å². The lowest BCUT2D eigenvalue weighted by atomic mass is 9.99. The number of hydrogen-bond donors (Lipinski definition) is 0. The Kier molecular flexibility index (Phi) is 6.20. The first-order valence-electron chi connectivity index (χ1n) is 9.37. The summed E-state index contributed by atoms with van der Waals surface area (Å²) in [7, 11) is -1.51. The van der Waals surface area contributed by atoms with Crippen LogP contribution in [0.1, 0.15) is 31.7 Å². The van der Waals surface area contributed by atoms with Crippen LogP contribution in [0.5, 0.6) is 0 Å². The van der Waals surface area contributed by atoms with E-state index in [1.165, 1.54) is 5.56 Å². The van der Waals surface area contributed by atoms with Crippen LogP contribution in [0.15, 0.2) is 41.6 Å². The molecule has 0 unspecified atom stereocenters. The number of nitrogens with zero attached hydrogens (tertiary/aromatic N) is 4. The third kappa shape index (κ3) is 4.34. The molecule has 0 N–H and O–H groups in total. The predicted octanol–water partition coefficient (Wildman–Crippen LogP) is 3.03. The first kappa shape index (κ1) is 20.3. The minimum absolute atomic E-state index is 0.383. The van der Waals surface area contributed by atoms with Crippen molar-refractivity contribution < 1.29 is 8.42 Å². The van der Waals surface area contributed by atoms with E-state index in [9.17, 15) is 8.42 Å². The van der Waals surface area contributed by atoms with Crippen molar-refractivity contribution in [1.29, 1.82) is 0 Å². The van der Waals surface area contributed by atoms with E-state index in [4.69, 9.17) is 12.2 Å². The first-order valence-corrected chi connectivity index (χ1v) is 11.2. The molecule has 1 aromatic carbocycles. The smallest absolute Gasteiger partial charge is 0.243 e. The van der Waals surface area contributed by atoms with Gasteiger partial charge in [-0.25, -0.2) is 8.42 Å². The molecule has 6 nitrogen and oxygen atoms in total. The molecular weight excluding hydrogens is 380 g/mol. The molecule has 2 aromatic rings. The molecule has 0 amide bonds. The molecule has 0 bridgehead atoms. The van der Waals surface area contributed by atoms with Crippen LogP contribution < -0.4 is 0 Å². The topological polar surface area (TPSA) is 50.5 Å². The zero-order valence-corrected chi connectivity index (χ0v) is 17.8. The summed E-state index contributed by atoms with van der Waals surface area (Å²) in [6.45, 7) is 7.36. The second kappa shape index (κ2) is 8.26. The van der Waals surface area contributed by atoms with Gasteiger partial charge in [-0.15, -0.1) is 0 Å². The van der Waals surface area contributed by atoms with Crippen LogP contribution in [0.25, 0.3) is 0 Å². The lowest BCUT2D eigenvalue weighted by Crippen LogP contribution is -2.48. The van der Waals surface area contributed by atoms with E-state index in [2.05, 4.69) is 18.7 Å². The van der Waals surface area contributed by atoms with Gasteiger partial charge in [-0.1, -0.05) is 26.0 Å². The Bertz CT molecular complexity index is 923. The number of aryl methyl sites for hydroxylation is 1. The highest BCUT2D eigenvalue weighted by molar-refractivity contribution is 7.89. The van der Waals surface area contributed by atoms with E-state index in [-0.39, 0.29) is 0 Å². The number of aromatic nitrogens is 2. The molecule has 1 atom stereocenters. The highest BCUT2D eigenvalue weighted by Gasteiger charge is 2.28. The number of imidazole rings is 1. The molecule has 0 radical (unpaired) electrons. The van der Waals surface area contributed by atoms with Crippen LogP contribution in [0.3, 0.4) is 0 Å². The Morgan fingerprint density at radius 1 is 1.07 bits per heavy atom. The Hall–Kier alpha value is -1.48. The van der Waals surface area contributed by atoms with Crippen LogP contribution in [0, 0.1) is 4.77 Å². The lowest BCUT2D eigenvalue weighted by molar-refractivity contribution is 0.151. The Balaban J connectivity index is 1.64. The maximum atomic E-state index is 12.9. The molecule has 2 heterocycles. The number of hydrogen-bond acceptors (Lipinski definition) is 4. The van der Waals surface area contributed by atoms with Crippen molar-refractivity contribution in [2.24, 2.45) is 7.05 Å². The van der Waals surface area contributed by atoms with Gasteiger partial charge in [-0.05, 0) is 42.3 Å². The summed E-state index contributed by atoms with van der Waals surface area (Å²) >= 11 is 5.37. The predicted molar refractivity (Wildman–Crippen MR) is 110 cm³/mol.